The number of aliphatic hydroxyl groups is 1. The molecule has 0 fully saturated rings. The average molecular weight is 308 g/mol. The zero-order chi connectivity index (χ0) is 7.49. The van der Waals surface area contributed by atoms with Gasteiger partial charge >= 0.3 is 55.4 Å². The topological polar surface area (TPSA) is 83.8 Å². The molecule has 0 aliphatic carbocycles. The van der Waals surface area contributed by atoms with E-state index in [1.807, 2.05) is 0 Å². The van der Waals surface area contributed by atoms with Crippen LogP contribution in [0.15, 0.2) is 0 Å². The van der Waals surface area contributed by atoms with E-state index in [0.29, 0.717) is 0 Å². The fourth-order valence-corrected chi connectivity index (χ4v) is 1.51. The van der Waals surface area contributed by atoms with Crippen molar-refractivity contribution in [1.29, 1.82) is 0 Å². The summed E-state index contributed by atoms with van der Waals surface area (Å²) in [5.74, 6) is 0. The molecule has 0 heterocycles. The van der Waals surface area contributed by atoms with E-state index in [4.69, 9.17) is 8.87 Å². The Kier molecular flexibility index (Phi) is 3.43. The molecule has 0 bridgehead atoms. The monoisotopic (exact) mass is 308 g/mol. The van der Waals surface area contributed by atoms with Crippen molar-refractivity contribution in [2.75, 3.05) is 6.61 Å². The van der Waals surface area contributed by atoms with Crippen LogP contribution in [0, 0.1) is 0 Å². The van der Waals surface area contributed by atoms with Gasteiger partial charge in [-0.25, -0.2) is 0 Å². The van der Waals surface area contributed by atoms with Crippen molar-refractivity contribution < 1.29 is 35.8 Å². The summed E-state index contributed by atoms with van der Waals surface area (Å²) in [6.45, 7) is 0.996. The van der Waals surface area contributed by atoms with Crippen LogP contribution in [0.2, 0.25) is 0 Å². The first-order valence-electron chi connectivity index (χ1n) is 2.22. The van der Waals surface area contributed by atoms with E-state index in [2.05, 4.69) is 3.39 Å². The van der Waals surface area contributed by atoms with E-state index in [-0.39, 0.29) is 6.61 Å². The van der Waals surface area contributed by atoms with Gasteiger partial charge in [-0.3, -0.25) is 0 Å². The second-order valence-electron chi connectivity index (χ2n) is 1.56. The third-order valence-corrected chi connectivity index (χ3v) is 2.02. The SMILES string of the molecule is CC(O)C[O][W](=[O])(=[O])[OH]. The molecule has 0 aromatic rings. The summed E-state index contributed by atoms with van der Waals surface area (Å²) >= 11 is -5.51. The molecule has 0 radical (unpaired) electrons. The van der Waals surface area contributed by atoms with Gasteiger partial charge in [0.2, 0.25) is 0 Å². The summed E-state index contributed by atoms with van der Waals surface area (Å²) in [4.78, 5) is 0. The van der Waals surface area contributed by atoms with Crippen LogP contribution in [-0.4, -0.2) is 21.6 Å². The van der Waals surface area contributed by atoms with Crippen LogP contribution < -0.4 is 0 Å². The normalized spacial score (nSPS) is 15.4. The number of rotatable bonds is 3. The summed E-state index contributed by atoms with van der Waals surface area (Å²) < 4.78 is 31.7. The zero-order valence-electron chi connectivity index (χ0n) is 4.81. The van der Waals surface area contributed by atoms with Gasteiger partial charge in [0.1, 0.15) is 0 Å². The molecule has 2 N–H and O–H groups in total. The molecule has 0 saturated carbocycles. The Balaban J connectivity index is 3.53. The van der Waals surface area contributed by atoms with Gasteiger partial charge in [-0.1, -0.05) is 0 Å². The molecule has 0 aliphatic heterocycles. The third kappa shape index (κ3) is 8.17. The number of aliphatic hydroxyl groups excluding tert-OH is 1. The Hall–Kier alpha value is 0.168. The van der Waals surface area contributed by atoms with Crippen molar-refractivity contribution in [3.63, 3.8) is 0 Å². The molecule has 0 saturated heterocycles. The van der Waals surface area contributed by atoms with Crippen molar-refractivity contribution in [3.8, 4) is 0 Å². The Labute approximate surface area is 56.0 Å². The summed E-state index contributed by atoms with van der Waals surface area (Å²) in [6, 6.07) is 0. The maximum absolute atomic E-state index is 9.88. The van der Waals surface area contributed by atoms with Crippen molar-refractivity contribution in [2.45, 2.75) is 13.0 Å². The molecule has 0 aliphatic rings. The Morgan fingerprint density at radius 2 is 2.11 bits per heavy atom. The first-order valence-corrected chi connectivity index (χ1v) is 7.12. The minimum atomic E-state index is -5.51. The predicted octanol–water partition coefficient (Wildman–Crippen LogP) is -0.949. The summed E-state index contributed by atoms with van der Waals surface area (Å²) in [5.41, 5.74) is 0. The fourth-order valence-electron chi connectivity index (χ4n) is 0.184. The minimum absolute atomic E-state index is 0.362. The molecule has 6 heteroatoms. The van der Waals surface area contributed by atoms with Crippen LogP contribution in [0.5, 0.6) is 0 Å². The molecule has 9 heavy (non-hydrogen) atoms. The van der Waals surface area contributed by atoms with Crippen LogP contribution in [0.1, 0.15) is 6.92 Å². The molecule has 0 aromatic heterocycles. The van der Waals surface area contributed by atoms with E-state index < -0.39 is 22.9 Å². The van der Waals surface area contributed by atoms with Gasteiger partial charge in [-0.2, -0.15) is 0 Å². The predicted molar refractivity (Wildman–Crippen MR) is 21.2 cm³/mol. The summed E-state index contributed by atoms with van der Waals surface area (Å²) in [7, 11) is 0. The summed E-state index contributed by atoms with van der Waals surface area (Å²) in [5, 5.41) is 8.44. The quantitative estimate of drug-likeness (QED) is 0.702. The van der Waals surface area contributed by atoms with Crippen molar-refractivity contribution in [2.24, 2.45) is 0 Å². The molecule has 0 amide bonds. The van der Waals surface area contributed by atoms with Crippen molar-refractivity contribution >= 4 is 0 Å². The molecule has 56 valence electrons. The molecule has 0 rings (SSSR count). The van der Waals surface area contributed by atoms with Crippen LogP contribution in [0.3, 0.4) is 0 Å². The van der Waals surface area contributed by atoms with Gasteiger partial charge in [-0.15, -0.1) is 0 Å². The Morgan fingerprint density at radius 1 is 1.67 bits per heavy atom. The van der Waals surface area contributed by atoms with Crippen LogP contribution in [0.25, 0.3) is 0 Å². The fraction of sp³-hybridized carbons (Fsp3) is 1.00. The number of hydrogen-bond acceptors (Lipinski definition) is 4. The van der Waals surface area contributed by atoms with E-state index in [0.717, 1.165) is 0 Å². The molecule has 1 atom stereocenters. The van der Waals surface area contributed by atoms with Gasteiger partial charge in [0.05, 0.1) is 0 Å². The van der Waals surface area contributed by atoms with Gasteiger partial charge in [-0.05, 0) is 0 Å². The van der Waals surface area contributed by atoms with E-state index in [1.54, 1.807) is 0 Å². The van der Waals surface area contributed by atoms with Gasteiger partial charge in [0.25, 0.3) is 0 Å². The number of hydrogen-bond donors (Lipinski definition) is 2. The Bertz CT molecular complexity index is 157. The maximum atomic E-state index is 9.88. The van der Waals surface area contributed by atoms with E-state index in [9.17, 15) is 6.80 Å². The first-order chi connectivity index (χ1) is 3.92. The second-order valence-corrected chi connectivity index (χ2v) is 5.48. The molecule has 0 aromatic carbocycles. The standard InChI is InChI=1S/C3H7O2.H2O.2O.W/c1-3(5)2-4;;;;/h3,5H,2H2,1H3;1H2;;;/q-1;;;;+2/p-1. The van der Waals surface area contributed by atoms with Crippen LogP contribution in [0.4, 0.5) is 0 Å². The Morgan fingerprint density at radius 3 is 2.22 bits per heavy atom. The van der Waals surface area contributed by atoms with Gasteiger partial charge in [0, 0.05) is 0 Å². The second kappa shape index (κ2) is 3.37. The van der Waals surface area contributed by atoms with E-state index in [1.165, 1.54) is 6.92 Å². The molecule has 1 unspecified atom stereocenters. The molecule has 5 nitrogen and oxygen atoms in total. The van der Waals surface area contributed by atoms with Crippen LogP contribution in [-0.2, 0) is 26.9 Å². The van der Waals surface area contributed by atoms with Gasteiger partial charge in [0.15, 0.2) is 0 Å². The van der Waals surface area contributed by atoms with Crippen molar-refractivity contribution in [3.05, 3.63) is 0 Å². The third-order valence-electron chi connectivity index (χ3n) is 0.458. The molecular weight excluding hydrogens is 300 g/mol. The van der Waals surface area contributed by atoms with Crippen LogP contribution >= 0.6 is 0 Å². The zero-order valence-corrected chi connectivity index (χ0v) is 7.75. The average Bonchev–Trinajstić information content (AvgIpc) is 1.59. The van der Waals surface area contributed by atoms with Crippen molar-refractivity contribution in [1.82, 2.24) is 0 Å². The first kappa shape index (κ1) is 9.17. The molecule has 0 spiro atoms. The molecular formula is C3H8O5W. The van der Waals surface area contributed by atoms with E-state index >= 15 is 0 Å². The van der Waals surface area contributed by atoms with Gasteiger partial charge < -0.3 is 0 Å². The summed E-state index contributed by atoms with van der Waals surface area (Å²) in [6.07, 6.45) is -0.865.